The summed E-state index contributed by atoms with van der Waals surface area (Å²) < 4.78 is 11.2. The highest BCUT2D eigenvalue weighted by Crippen LogP contribution is 2.21. The fraction of sp³-hybridized carbons (Fsp3) is 0.211. The molecule has 1 heterocycles. The minimum absolute atomic E-state index is 0.183. The molecular weight excluding hydrogens is 306 g/mol. The molecule has 1 aromatic heterocycles. The zero-order valence-corrected chi connectivity index (χ0v) is 13.4. The van der Waals surface area contributed by atoms with Crippen LogP contribution in [0.25, 0.3) is 10.8 Å². The summed E-state index contributed by atoms with van der Waals surface area (Å²) in [7, 11) is 0. The summed E-state index contributed by atoms with van der Waals surface area (Å²) in [5.41, 5.74) is 0. The van der Waals surface area contributed by atoms with Crippen molar-refractivity contribution in [2.24, 2.45) is 0 Å². The van der Waals surface area contributed by atoms with Crippen LogP contribution in [0.1, 0.15) is 23.2 Å². The minimum Gasteiger partial charge on any atom is -0.486 e. The van der Waals surface area contributed by atoms with Crippen LogP contribution < -0.4 is 10.1 Å². The molecule has 0 aliphatic heterocycles. The Morgan fingerprint density at radius 3 is 2.75 bits per heavy atom. The molecule has 2 N–H and O–H groups in total. The van der Waals surface area contributed by atoms with Crippen LogP contribution in [0.5, 0.6) is 5.75 Å². The summed E-state index contributed by atoms with van der Waals surface area (Å²) in [5.74, 6) is 1.15. The normalized spacial score (nSPS) is 12.1. The number of aliphatic hydroxyl groups excluding tert-OH is 1. The lowest BCUT2D eigenvalue weighted by Crippen LogP contribution is -2.30. The van der Waals surface area contributed by atoms with Gasteiger partial charge in [-0.05, 0) is 42.0 Å². The van der Waals surface area contributed by atoms with Gasteiger partial charge in [-0.25, -0.2) is 0 Å². The number of benzene rings is 2. The van der Waals surface area contributed by atoms with Crippen LogP contribution in [0.3, 0.4) is 0 Å². The smallest absolute Gasteiger partial charge is 0.287 e. The lowest BCUT2D eigenvalue weighted by Gasteiger charge is -2.06. The fourth-order valence-corrected chi connectivity index (χ4v) is 2.32. The van der Waals surface area contributed by atoms with Gasteiger partial charge >= 0.3 is 0 Å². The van der Waals surface area contributed by atoms with Crippen molar-refractivity contribution in [3.05, 3.63) is 66.1 Å². The van der Waals surface area contributed by atoms with Gasteiger partial charge in [-0.1, -0.05) is 30.3 Å². The quantitative estimate of drug-likeness (QED) is 0.730. The number of hydrogen-bond acceptors (Lipinski definition) is 4. The Hall–Kier alpha value is -2.79. The van der Waals surface area contributed by atoms with Gasteiger partial charge in [-0.2, -0.15) is 0 Å². The van der Waals surface area contributed by atoms with Crippen LogP contribution in [-0.2, 0) is 6.61 Å². The van der Waals surface area contributed by atoms with E-state index < -0.39 is 6.10 Å². The van der Waals surface area contributed by atoms with Gasteiger partial charge in [0.15, 0.2) is 5.76 Å². The number of amides is 1. The first-order valence-corrected chi connectivity index (χ1v) is 7.78. The van der Waals surface area contributed by atoms with Crippen LogP contribution in [0.4, 0.5) is 0 Å². The number of carbonyl (C=O) groups excluding carboxylic acids is 1. The molecule has 0 saturated carbocycles. The minimum atomic E-state index is -0.598. The summed E-state index contributed by atoms with van der Waals surface area (Å²) in [6.45, 7) is 2.02. The average molecular weight is 325 g/mol. The standard InChI is InChI=1S/C19H19NO4/c1-13(21)11-20-19(22)18-9-8-17(24-18)12-23-16-7-6-14-4-2-3-5-15(14)10-16/h2-10,13,21H,11-12H2,1H3,(H,20,22). The van der Waals surface area contributed by atoms with Crippen molar-refractivity contribution < 1.29 is 19.1 Å². The summed E-state index contributed by atoms with van der Waals surface area (Å²) in [6.07, 6.45) is -0.598. The third-order valence-corrected chi connectivity index (χ3v) is 3.55. The van der Waals surface area contributed by atoms with Gasteiger partial charge in [0.05, 0.1) is 6.10 Å². The second-order valence-corrected chi connectivity index (χ2v) is 5.62. The number of aliphatic hydroxyl groups is 1. The third kappa shape index (κ3) is 3.94. The maximum Gasteiger partial charge on any atom is 0.287 e. The van der Waals surface area contributed by atoms with Gasteiger partial charge in [-0.15, -0.1) is 0 Å². The zero-order chi connectivity index (χ0) is 16.9. The van der Waals surface area contributed by atoms with Crippen molar-refractivity contribution in [1.82, 2.24) is 5.32 Å². The van der Waals surface area contributed by atoms with E-state index >= 15 is 0 Å². The molecule has 2 aromatic carbocycles. The lowest BCUT2D eigenvalue weighted by atomic mass is 10.1. The van der Waals surface area contributed by atoms with Gasteiger partial charge in [0.25, 0.3) is 5.91 Å². The predicted octanol–water partition coefficient (Wildman–Crippen LogP) is 3.12. The Bertz CT molecular complexity index is 838. The zero-order valence-electron chi connectivity index (χ0n) is 13.4. The van der Waals surface area contributed by atoms with E-state index in [1.54, 1.807) is 19.1 Å². The first-order chi connectivity index (χ1) is 11.6. The molecule has 3 rings (SSSR count). The van der Waals surface area contributed by atoms with E-state index in [9.17, 15) is 9.90 Å². The molecule has 3 aromatic rings. The first-order valence-electron chi connectivity index (χ1n) is 7.78. The number of ether oxygens (including phenoxy) is 1. The van der Waals surface area contributed by atoms with Crippen LogP contribution in [0, 0.1) is 0 Å². The Kier molecular flexibility index (Phi) is 4.82. The van der Waals surface area contributed by atoms with Gasteiger partial charge in [0.2, 0.25) is 0 Å². The maximum atomic E-state index is 11.8. The number of fused-ring (bicyclic) bond motifs is 1. The Balaban J connectivity index is 1.61. The Morgan fingerprint density at radius 1 is 1.17 bits per heavy atom. The van der Waals surface area contributed by atoms with Crippen LogP contribution in [-0.4, -0.2) is 23.7 Å². The number of furan rings is 1. The molecule has 1 unspecified atom stereocenters. The monoisotopic (exact) mass is 325 g/mol. The van der Waals surface area contributed by atoms with Crippen molar-refractivity contribution in [2.45, 2.75) is 19.6 Å². The highest BCUT2D eigenvalue weighted by atomic mass is 16.5. The fourth-order valence-electron chi connectivity index (χ4n) is 2.32. The van der Waals surface area contributed by atoms with Crippen LogP contribution in [0.2, 0.25) is 0 Å². The van der Waals surface area contributed by atoms with E-state index in [1.165, 1.54) is 0 Å². The topological polar surface area (TPSA) is 71.7 Å². The van der Waals surface area contributed by atoms with E-state index in [0.717, 1.165) is 16.5 Å². The molecule has 5 nitrogen and oxygen atoms in total. The molecule has 0 fully saturated rings. The first kappa shape index (κ1) is 16.1. The van der Waals surface area contributed by atoms with Gasteiger partial charge < -0.3 is 19.6 Å². The Morgan fingerprint density at radius 2 is 1.96 bits per heavy atom. The SMILES string of the molecule is CC(O)CNC(=O)c1ccc(COc2ccc3ccccc3c2)o1. The molecule has 1 amide bonds. The van der Waals surface area contributed by atoms with Crippen molar-refractivity contribution in [3.63, 3.8) is 0 Å². The Labute approximate surface area is 139 Å². The average Bonchev–Trinajstić information content (AvgIpc) is 3.06. The molecule has 0 saturated heterocycles. The van der Waals surface area contributed by atoms with Crippen LogP contribution in [0.15, 0.2) is 59.0 Å². The van der Waals surface area contributed by atoms with E-state index in [2.05, 4.69) is 5.32 Å². The van der Waals surface area contributed by atoms with Crippen molar-refractivity contribution >= 4 is 16.7 Å². The van der Waals surface area contributed by atoms with Crippen LogP contribution >= 0.6 is 0 Å². The molecule has 0 spiro atoms. The molecule has 1 atom stereocenters. The number of carbonyl (C=O) groups is 1. The summed E-state index contributed by atoms with van der Waals surface area (Å²) in [5, 5.41) is 14.0. The van der Waals surface area contributed by atoms with E-state index in [1.807, 2.05) is 42.5 Å². The third-order valence-electron chi connectivity index (χ3n) is 3.55. The number of nitrogens with one attached hydrogen (secondary N) is 1. The molecule has 0 aliphatic rings. The molecule has 0 radical (unpaired) electrons. The van der Waals surface area contributed by atoms with Crippen molar-refractivity contribution in [3.8, 4) is 5.75 Å². The van der Waals surface area contributed by atoms with Crippen molar-refractivity contribution in [2.75, 3.05) is 6.54 Å². The van der Waals surface area contributed by atoms with Gasteiger partial charge in [0, 0.05) is 6.54 Å². The molecular formula is C19H19NO4. The molecule has 0 aliphatic carbocycles. The summed E-state index contributed by atoms with van der Waals surface area (Å²) in [6, 6.07) is 17.2. The molecule has 5 heteroatoms. The van der Waals surface area contributed by atoms with E-state index in [-0.39, 0.29) is 24.8 Å². The predicted molar refractivity (Wildman–Crippen MR) is 91.0 cm³/mol. The van der Waals surface area contributed by atoms with Crippen molar-refractivity contribution in [1.29, 1.82) is 0 Å². The van der Waals surface area contributed by atoms with Gasteiger partial charge in [-0.3, -0.25) is 4.79 Å². The molecule has 124 valence electrons. The van der Waals surface area contributed by atoms with E-state index in [4.69, 9.17) is 9.15 Å². The highest BCUT2D eigenvalue weighted by molar-refractivity contribution is 5.91. The second kappa shape index (κ2) is 7.19. The summed E-state index contributed by atoms with van der Waals surface area (Å²) >= 11 is 0. The van der Waals surface area contributed by atoms with E-state index in [0.29, 0.717) is 5.76 Å². The summed E-state index contributed by atoms with van der Waals surface area (Å²) in [4.78, 5) is 11.8. The maximum absolute atomic E-state index is 11.8. The number of rotatable bonds is 6. The molecule has 0 bridgehead atoms. The molecule has 24 heavy (non-hydrogen) atoms. The lowest BCUT2D eigenvalue weighted by molar-refractivity contribution is 0.0892. The second-order valence-electron chi connectivity index (χ2n) is 5.62. The van der Waals surface area contributed by atoms with Gasteiger partial charge in [0.1, 0.15) is 18.1 Å². The largest absolute Gasteiger partial charge is 0.486 e. The highest BCUT2D eigenvalue weighted by Gasteiger charge is 2.12. The number of hydrogen-bond donors (Lipinski definition) is 2.